The Labute approximate surface area is 172 Å². The molecular formula is C19H30F6GeO3. The fourth-order valence-electron chi connectivity index (χ4n) is 3.11. The van der Waals surface area contributed by atoms with Gasteiger partial charge in [0.2, 0.25) is 0 Å². The maximum absolute atomic E-state index is 13.1. The summed E-state index contributed by atoms with van der Waals surface area (Å²) in [5.74, 6) is -1.87. The molecule has 0 atom stereocenters. The second-order valence-corrected chi connectivity index (χ2v) is 13.0. The molecule has 3 nitrogen and oxygen atoms in total. The van der Waals surface area contributed by atoms with Crippen molar-refractivity contribution in [2.75, 3.05) is 13.2 Å². The van der Waals surface area contributed by atoms with Crippen molar-refractivity contribution in [1.29, 1.82) is 0 Å². The molecule has 170 valence electrons. The third-order valence-corrected chi connectivity index (χ3v) is 9.97. The van der Waals surface area contributed by atoms with Crippen LogP contribution in [0.25, 0.3) is 0 Å². The quantitative estimate of drug-likeness (QED) is 0.156. The predicted octanol–water partition coefficient (Wildman–Crippen LogP) is 5.66. The van der Waals surface area contributed by atoms with Crippen LogP contribution in [0.5, 0.6) is 0 Å². The Kier molecular flexibility index (Phi) is 10.8. The SMILES string of the molecule is CCCCOC(O)(CCCC1=[C]([GeH]([C](F)(F)F)[C](F)(F)F)C=CC1)OCCCC. The molecule has 0 aliphatic heterocycles. The fourth-order valence-corrected chi connectivity index (χ4v) is 7.47. The van der Waals surface area contributed by atoms with Crippen LogP contribution in [-0.4, -0.2) is 48.7 Å². The molecule has 0 saturated carbocycles. The zero-order chi connectivity index (χ0) is 22.1. The summed E-state index contributed by atoms with van der Waals surface area (Å²) in [7, 11) is 0. The van der Waals surface area contributed by atoms with Crippen LogP contribution in [-0.2, 0) is 9.47 Å². The zero-order valence-corrected chi connectivity index (χ0v) is 19.3. The van der Waals surface area contributed by atoms with Crippen molar-refractivity contribution in [1.82, 2.24) is 0 Å². The number of ether oxygens (including phenoxy) is 2. The van der Waals surface area contributed by atoms with Crippen molar-refractivity contribution in [3.8, 4) is 0 Å². The van der Waals surface area contributed by atoms with Gasteiger partial charge in [-0.15, -0.1) is 0 Å². The summed E-state index contributed by atoms with van der Waals surface area (Å²) in [5, 5.41) is 0.0908. The van der Waals surface area contributed by atoms with Crippen LogP contribution in [0.15, 0.2) is 22.1 Å². The topological polar surface area (TPSA) is 38.7 Å². The zero-order valence-electron chi connectivity index (χ0n) is 16.8. The fraction of sp³-hybridized carbons (Fsp3) is 0.789. The third-order valence-electron chi connectivity index (χ3n) is 4.66. The maximum atomic E-state index is 13.1. The molecule has 1 rings (SSSR count). The van der Waals surface area contributed by atoms with Gasteiger partial charge in [-0.05, 0) is 0 Å². The van der Waals surface area contributed by atoms with Gasteiger partial charge in [0.1, 0.15) is 0 Å². The van der Waals surface area contributed by atoms with Gasteiger partial charge >= 0.3 is 172 Å². The Balaban J connectivity index is 2.82. The van der Waals surface area contributed by atoms with Gasteiger partial charge in [0.15, 0.2) is 0 Å². The van der Waals surface area contributed by atoms with Crippen LogP contribution in [0.4, 0.5) is 26.3 Å². The summed E-state index contributed by atoms with van der Waals surface area (Å²) in [6.45, 7) is 4.41. The van der Waals surface area contributed by atoms with E-state index in [1.54, 1.807) is 0 Å². The number of alkyl halides is 6. The van der Waals surface area contributed by atoms with E-state index >= 15 is 0 Å². The molecule has 0 saturated heterocycles. The first-order valence-electron chi connectivity index (χ1n) is 9.96. The number of hydrogen-bond acceptors (Lipinski definition) is 3. The Morgan fingerprint density at radius 1 is 0.931 bits per heavy atom. The van der Waals surface area contributed by atoms with E-state index in [9.17, 15) is 31.4 Å². The summed E-state index contributed by atoms with van der Waals surface area (Å²) in [6.07, 6.45) is 5.68. The molecule has 10 heteroatoms. The molecule has 0 spiro atoms. The Morgan fingerprint density at radius 3 is 1.90 bits per heavy atom. The molecule has 1 aliphatic rings. The summed E-state index contributed by atoms with van der Waals surface area (Å²) in [5.41, 5.74) is 0.161. The van der Waals surface area contributed by atoms with Crippen LogP contribution in [0.3, 0.4) is 0 Å². The van der Waals surface area contributed by atoms with Gasteiger partial charge in [0.05, 0.1) is 0 Å². The molecular weight excluding hydrogens is 463 g/mol. The summed E-state index contributed by atoms with van der Waals surface area (Å²) < 4.78 is 89.0. The number of allylic oxidation sites excluding steroid dienone is 4. The minimum atomic E-state index is -5.77. The van der Waals surface area contributed by atoms with Gasteiger partial charge in [-0.2, -0.15) is 0 Å². The Morgan fingerprint density at radius 2 is 1.45 bits per heavy atom. The number of rotatable bonds is 13. The van der Waals surface area contributed by atoms with Crippen LogP contribution in [0.2, 0.25) is 0 Å². The van der Waals surface area contributed by atoms with Gasteiger partial charge in [-0.1, -0.05) is 0 Å². The third kappa shape index (κ3) is 9.02. The van der Waals surface area contributed by atoms with Crippen LogP contribution >= 0.6 is 0 Å². The van der Waals surface area contributed by atoms with Crippen molar-refractivity contribution in [2.24, 2.45) is 0 Å². The molecule has 0 unspecified atom stereocenters. The standard InChI is InChI=1S/C19H30F6GeO3/c1-3-5-13-28-17(27,29-14-6-4-2)12-8-10-15-9-7-11-16(15)26(18(20,21)22)19(23,24)25/h7,11,26-27H,3-6,8-10,12-14H2,1-2H3. The van der Waals surface area contributed by atoms with E-state index in [0.29, 0.717) is 12.8 Å². The molecule has 29 heavy (non-hydrogen) atoms. The van der Waals surface area contributed by atoms with Gasteiger partial charge in [-0.3, -0.25) is 0 Å². The monoisotopic (exact) mass is 494 g/mol. The predicted molar refractivity (Wildman–Crippen MR) is 101 cm³/mol. The van der Waals surface area contributed by atoms with Crippen molar-refractivity contribution < 1.29 is 40.9 Å². The first kappa shape index (κ1) is 26.5. The second kappa shape index (κ2) is 11.8. The molecule has 0 fully saturated rings. The molecule has 0 radical (unpaired) electrons. The minimum absolute atomic E-state index is 0.0209. The normalized spacial score (nSPS) is 15.8. The van der Waals surface area contributed by atoms with Crippen molar-refractivity contribution >= 4 is 14.3 Å². The molecule has 1 N–H and O–H groups in total. The van der Waals surface area contributed by atoms with E-state index in [1.165, 1.54) is 6.08 Å². The average molecular weight is 493 g/mol. The molecule has 0 bridgehead atoms. The van der Waals surface area contributed by atoms with E-state index in [0.717, 1.165) is 18.9 Å². The van der Waals surface area contributed by atoms with Crippen LogP contribution in [0, 0.1) is 0 Å². The van der Waals surface area contributed by atoms with E-state index in [-0.39, 0.29) is 44.5 Å². The first-order chi connectivity index (χ1) is 13.4. The molecule has 0 aromatic carbocycles. The summed E-state index contributed by atoms with van der Waals surface area (Å²) >= 11 is -5.77. The molecule has 0 aromatic heterocycles. The summed E-state index contributed by atoms with van der Waals surface area (Å²) in [6, 6.07) is 0. The molecule has 1 aliphatic carbocycles. The first-order valence-corrected chi connectivity index (χ1v) is 13.6. The van der Waals surface area contributed by atoms with Gasteiger partial charge in [-0.25, -0.2) is 0 Å². The van der Waals surface area contributed by atoms with Gasteiger partial charge in [0, 0.05) is 0 Å². The number of halogens is 6. The van der Waals surface area contributed by atoms with Crippen molar-refractivity contribution in [3.05, 3.63) is 22.1 Å². The van der Waals surface area contributed by atoms with E-state index < -0.39 is 34.7 Å². The van der Waals surface area contributed by atoms with E-state index in [2.05, 4.69) is 0 Å². The average Bonchev–Trinajstić information content (AvgIpc) is 3.00. The van der Waals surface area contributed by atoms with Gasteiger partial charge < -0.3 is 0 Å². The molecule has 0 amide bonds. The molecule has 0 heterocycles. The second-order valence-electron chi connectivity index (χ2n) is 7.15. The number of unbranched alkanes of at least 4 members (excludes halogenated alkanes) is 2. The van der Waals surface area contributed by atoms with E-state index in [4.69, 9.17) is 9.47 Å². The number of hydrogen-bond donors (Lipinski definition) is 1. The molecule has 0 aromatic rings. The van der Waals surface area contributed by atoms with Crippen molar-refractivity contribution in [3.63, 3.8) is 0 Å². The number of aliphatic hydroxyl groups is 1. The summed E-state index contributed by atoms with van der Waals surface area (Å²) in [4.78, 5) is 0. The van der Waals surface area contributed by atoms with Crippen LogP contribution < -0.4 is 0 Å². The van der Waals surface area contributed by atoms with Crippen molar-refractivity contribution in [2.45, 2.75) is 81.2 Å². The Bertz CT molecular complexity index is 533. The van der Waals surface area contributed by atoms with Gasteiger partial charge in [0.25, 0.3) is 0 Å². The van der Waals surface area contributed by atoms with Crippen LogP contribution in [0.1, 0.15) is 65.2 Å². The van der Waals surface area contributed by atoms with E-state index in [1.807, 2.05) is 13.8 Å². The Hall–Kier alpha value is -0.517.